The molecule has 0 radical (unpaired) electrons. The maximum atomic E-state index is 12.5. The van der Waals surface area contributed by atoms with Crippen LogP contribution in [0.25, 0.3) is 0 Å². The van der Waals surface area contributed by atoms with Crippen LogP contribution < -0.4 is 10.6 Å². The van der Waals surface area contributed by atoms with Crippen LogP contribution in [-0.4, -0.2) is 54.5 Å². The molecule has 1 aromatic carbocycles. The van der Waals surface area contributed by atoms with E-state index in [1.54, 1.807) is 0 Å². The van der Waals surface area contributed by atoms with Gasteiger partial charge in [0.05, 0.1) is 6.04 Å². The first-order valence-corrected chi connectivity index (χ1v) is 9.84. The van der Waals surface area contributed by atoms with Crippen molar-refractivity contribution in [3.63, 3.8) is 0 Å². The maximum Gasteiger partial charge on any atom is 0.222 e. The van der Waals surface area contributed by atoms with E-state index in [-0.39, 0.29) is 36.8 Å². The Labute approximate surface area is 167 Å². The molecule has 25 heavy (non-hydrogen) atoms. The molecule has 142 valence electrons. The largest absolute Gasteiger partial charge is 0.348 e. The third-order valence-corrected chi connectivity index (χ3v) is 5.74. The summed E-state index contributed by atoms with van der Waals surface area (Å²) in [7, 11) is 0. The van der Waals surface area contributed by atoms with Crippen LogP contribution in [0, 0.1) is 0 Å². The summed E-state index contributed by atoms with van der Waals surface area (Å²) in [5.74, 6) is 2.35. The molecular formula is C18H29Cl2N3OS. The summed E-state index contributed by atoms with van der Waals surface area (Å²) in [6, 6.07) is 10.8. The van der Waals surface area contributed by atoms with Crippen LogP contribution in [0.5, 0.6) is 0 Å². The van der Waals surface area contributed by atoms with Crippen LogP contribution in [0.15, 0.2) is 30.3 Å². The lowest BCUT2D eigenvalue weighted by Crippen LogP contribution is -2.43. The Bertz CT molecular complexity index is 494. The lowest BCUT2D eigenvalue weighted by Gasteiger charge is -2.27. The van der Waals surface area contributed by atoms with Gasteiger partial charge >= 0.3 is 0 Å². The van der Waals surface area contributed by atoms with Crippen LogP contribution in [0.3, 0.4) is 0 Å². The summed E-state index contributed by atoms with van der Waals surface area (Å²) in [6.07, 6.45) is 3.13. The molecule has 0 spiro atoms. The first-order chi connectivity index (χ1) is 11.3. The van der Waals surface area contributed by atoms with Gasteiger partial charge in [-0.3, -0.25) is 4.79 Å². The van der Waals surface area contributed by atoms with Crippen molar-refractivity contribution < 1.29 is 4.79 Å². The van der Waals surface area contributed by atoms with Gasteiger partial charge in [0.15, 0.2) is 0 Å². The number of carbonyl (C=O) groups excluding carboxylic acids is 1. The summed E-state index contributed by atoms with van der Waals surface area (Å²) in [5.41, 5.74) is 1.21. The van der Waals surface area contributed by atoms with E-state index in [0.717, 1.165) is 37.7 Å². The van der Waals surface area contributed by atoms with E-state index in [1.165, 1.54) is 18.4 Å². The van der Waals surface area contributed by atoms with Crippen LogP contribution >= 0.6 is 36.6 Å². The molecule has 1 amide bonds. The van der Waals surface area contributed by atoms with Crippen molar-refractivity contribution in [1.29, 1.82) is 0 Å². The average molecular weight is 406 g/mol. The number of thioether (sulfide) groups is 1. The van der Waals surface area contributed by atoms with Crippen LogP contribution in [0.2, 0.25) is 0 Å². The molecule has 2 aliphatic heterocycles. The van der Waals surface area contributed by atoms with Gasteiger partial charge in [-0.15, -0.1) is 24.8 Å². The minimum absolute atomic E-state index is 0. The Morgan fingerprint density at radius 3 is 2.60 bits per heavy atom. The molecule has 2 saturated heterocycles. The second-order valence-corrected chi connectivity index (χ2v) is 7.62. The molecular weight excluding hydrogens is 377 g/mol. The Hall–Kier alpha value is -0.460. The van der Waals surface area contributed by atoms with E-state index in [4.69, 9.17) is 0 Å². The van der Waals surface area contributed by atoms with E-state index < -0.39 is 0 Å². The summed E-state index contributed by atoms with van der Waals surface area (Å²) >= 11 is 1.94. The quantitative estimate of drug-likeness (QED) is 0.763. The predicted octanol–water partition coefficient (Wildman–Crippen LogP) is 2.88. The number of nitrogens with one attached hydrogen (secondary N) is 2. The molecule has 0 aromatic heterocycles. The molecule has 2 atom stereocenters. The number of benzene rings is 1. The topological polar surface area (TPSA) is 44.4 Å². The Kier molecular flexibility index (Phi) is 10.9. The highest BCUT2D eigenvalue weighted by molar-refractivity contribution is 7.99. The zero-order valence-corrected chi connectivity index (χ0v) is 16.9. The summed E-state index contributed by atoms with van der Waals surface area (Å²) in [4.78, 5) is 15.0. The minimum atomic E-state index is 0. The van der Waals surface area contributed by atoms with Crippen molar-refractivity contribution >= 4 is 42.5 Å². The fourth-order valence-electron chi connectivity index (χ4n) is 3.37. The Morgan fingerprint density at radius 1 is 1.24 bits per heavy atom. The minimum Gasteiger partial charge on any atom is -0.348 e. The molecule has 2 N–H and O–H groups in total. The highest BCUT2D eigenvalue weighted by atomic mass is 35.5. The third-order valence-electron chi connectivity index (χ3n) is 4.61. The molecule has 2 heterocycles. The molecule has 2 aliphatic rings. The fourth-order valence-corrected chi connectivity index (χ4v) is 4.32. The maximum absolute atomic E-state index is 12.5. The molecule has 7 heteroatoms. The molecule has 1 aromatic rings. The average Bonchev–Trinajstić information content (AvgIpc) is 3.09. The molecule has 3 rings (SSSR count). The van der Waals surface area contributed by atoms with Crippen LogP contribution in [0.4, 0.5) is 0 Å². The number of hydrogen-bond acceptors (Lipinski definition) is 4. The Morgan fingerprint density at radius 2 is 1.96 bits per heavy atom. The molecule has 4 nitrogen and oxygen atoms in total. The van der Waals surface area contributed by atoms with E-state index >= 15 is 0 Å². The summed E-state index contributed by atoms with van der Waals surface area (Å²) < 4.78 is 0. The van der Waals surface area contributed by atoms with E-state index in [1.807, 2.05) is 17.8 Å². The van der Waals surface area contributed by atoms with Gasteiger partial charge in [-0.2, -0.15) is 11.8 Å². The number of hydrogen-bond donors (Lipinski definition) is 2. The van der Waals surface area contributed by atoms with Crippen molar-refractivity contribution in [2.24, 2.45) is 0 Å². The molecule has 0 bridgehead atoms. The third kappa shape index (κ3) is 7.35. The predicted molar refractivity (Wildman–Crippen MR) is 111 cm³/mol. The SMILES string of the molecule is Cl.Cl.O=C(CC1CSCCN1)NC(CN1CCCC1)c1ccccc1. The number of halogens is 2. The van der Waals surface area contributed by atoms with Crippen molar-refractivity contribution in [1.82, 2.24) is 15.5 Å². The standard InChI is InChI=1S/C18H27N3OS.2ClH/c22-18(12-16-14-23-11-8-19-16)20-17(13-21-9-4-5-10-21)15-6-2-1-3-7-15;;/h1-3,6-7,16-17,19H,4-5,8-14H2,(H,20,22);2*1H. The van der Waals surface area contributed by atoms with Crippen LogP contribution in [0.1, 0.15) is 30.9 Å². The van der Waals surface area contributed by atoms with Gasteiger partial charge in [-0.25, -0.2) is 0 Å². The number of likely N-dealkylation sites (tertiary alicyclic amines) is 1. The van der Waals surface area contributed by atoms with Gasteiger partial charge in [-0.05, 0) is 31.5 Å². The molecule has 0 saturated carbocycles. The van der Waals surface area contributed by atoms with E-state index in [9.17, 15) is 4.79 Å². The van der Waals surface area contributed by atoms with Gasteiger partial charge < -0.3 is 15.5 Å². The number of rotatable bonds is 6. The van der Waals surface area contributed by atoms with Crippen molar-refractivity contribution in [2.75, 3.05) is 37.7 Å². The number of nitrogens with zero attached hydrogens (tertiary/aromatic N) is 1. The fraction of sp³-hybridized carbons (Fsp3) is 0.611. The first kappa shape index (κ1) is 22.6. The van der Waals surface area contributed by atoms with Gasteiger partial charge in [0.25, 0.3) is 0 Å². The monoisotopic (exact) mass is 405 g/mol. The van der Waals surface area contributed by atoms with Gasteiger partial charge in [-0.1, -0.05) is 30.3 Å². The summed E-state index contributed by atoms with van der Waals surface area (Å²) in [5, 5.41) is 6.72. The van der Waals surface area contributed by atoms with Crippen LogP contribution in [-0.2, 0) is 4.79 Å². The number of carbonyl (C=O) groups is 1. The lowest BCUT2D eigenvalue weighted by atomic mass is 10.1. The van der Waals surface area contributed by atoms with E-state index in [0.29, 0.717) is 12.5 Å². The normalized spacial score (nSPS) is 21.7. The zero-order chi connectivity index (χ0) is 15.9. The zero-order valence-electron chi connectivity index (χ0n) is 14.5. The highest BCUT2D eigenvalue weighted by Crippen LogP contribution is 2.18. The summed E-state index contributed by atoms with van der Waals surface area (Å²) in [6.45, 7) is 4.24. The first-order valence-electron chi connectivity index (χ1n) is 8.69. The second-order valence-electron chi connectivity index (χ2n) is 6.47. The second kappa shape index (κ2) is 12.0. The van der Waals surface area contributed by atoms with E-state index in [2.05, 4.69) is 39.8 Å². The number of amides is 1. The smallest absolute Gasteiger partial charge is 0.222 e. The van der Waals surface area contributed by atoms with Gasteiger partial charge in [0, 0.05) is 37.1 Å². The van der Waals surface area contributed by atoms with Crippen molar-refractivity contribution in [3.8, 4) is 0 Å². The van der Waals surface area contributed by atoms with Crippen molar-refractivity contribution in [3.05, 3.63) is 35.9 Å². The molecule has 0 aliphatic carbocycles. The van der Waals surface area contributed by atoms with Gasteiger partial charge in [0.1, 0.15) is 0 Å². The van der Waals surface area contributed by atoms with Gasteiger partial charge in [0.2, 0.25) is 5.91 Å². The van der Waals surface area contributed by atoms with Crippen molar-refractivity contribution in [2.45, 2.75) is 31.3 Å². The molecule has 2 fully saturated rings. The lowest BCUT2D eigenvalue weighted by molar-refractivity contribution is -0.122. The molecule has 2 unspecified atom stereocenters. The Balaban J connectivity index is 0.00000156. The highest BCUT2D eigenvalue weighted by Gasteiger charge is 2.22.